The zero-order chi connectivity index (χ0) is 14.1. The Morgan fingerprint density at radius 2 is 1.67 bits per heavy atom. The van der Waals surface area contributed by atoms with E-state index in [1.165, 1.54) is 0 Å². The van der Waals surface area contributed by atoms with Gasteiger partial charge in [0.05, 0.1) is 11.1 Å². The number of ether oxygens (including phenoxy) is 1. The summed E-state index contributed by atoms with van der Waals surface area (Å²) >= 11 is 0. The highest BCUT2D eigenvalue weighted by Crippen LogP contribution is 2.40. The fourth-order valence-corrected chi connectivity index (χ4v) is 1.18. The smallest absolute Gasteiger partial charge is 0.404 e. The van der Waals surface area contributed by atoms with Gasteiger partial charge in [-0.1, -0.05) is 6.07 Å². The molecule has 3 nitrogen and oxygen atoms in total. The van der Waals surface area contributed by atoms with Gasteiger partial charge in [-0.05, 0) is 12.1 Å². The number of para-hydroxylation sites is 1. The number of primary amides is 1. The maximum absolute atomic E-state index is 12.5. The first kappa shape index (κ1) is 14.1. The maximum Gasteiger partial charge on any atom is 0.573 e. The normalized spacial score (nSPS) is 12.3. The summed E-state index contributed by atoms with van der Waals surface area (Å²) in [4.78, 5) is 10.8. The van der Waals surface area contributed by atoms with Crippen LogP contribution in [-0.2, 0) is 6.18 Å². The first-order valence-corrected chi connectivity index (χ1v) is 4.28. The van der Waals surface area contributed by atoms with Gasteiger partial charge in [-0.2, -0.15) is 13.2 Å². The van der Waals surface area contributed by atoms with Crippen molar-refractivity contribution in [1.82, 2.24) is 0 Å². The molecule has 0 heterocycles. The molecular weight excluding hydrogens is 268 g/mol. The topological polar surface area (TPSA) is 52.3 Å². The van der Waals surface area contributed by atoms with E-state index in [-0.39, 0.29) is 0 Å². The molecule has 2 N–H and O–H groups in total. The van der Waals surface area contributed by atoms with E-state index in [2.05, 4.69) is 4.74 Å². The highest BCUT2D eigenvalue weighted by Gasteiger charge is 2.41. The molecule has 0 radical (unpaired) electrons. The van der Waals surface area contributed by atoms with Gasteiger partial charge in [-0.3, -0.25) is 4.79 Å². The Morgan fingerprint density at radius 3 is 2.06 bits per heavy atom. The number of nitrogens with two attached hydrogens (primary N) is 1. The average Bonchev–Trinajstić information content (AvgIpc) is 2.13. The Bertz CT molecular complexity index is 465. The summed E-state index contributed by atoms with van der Waals surface area (Å²) in [6, 6.07) is 1.82. The molecule has 0 aliphatic rings. The minimum atomic E-state index is -5.37. The largest absolute Gasteiger partial charge is 0.573 e. The second kappa shape index (κ2) is 4.39. The van der Waals surface area contributed by atoms with E-state index < -0.39 is 35.3 Å². The van der Waals surface area contributed by atoms with Gasteiger partial charge in [0.1, 0.15) is 0 Å². The van der Waals surface area contributed by atoms with Crippen molar-refractivity contribution in [3.8, 4) is 5.75 Å². The highest BCUT2D eigenvalue weighted by molar-refractivity contribution is 5.96. The van der Waals surface area contributed by atoms with Crippen LogP contribution in [0.2, 0.25) is 0 Å². The molecule has 0 bridgehead atoms. The van der Waals surface area contributed by atoms with Crippen LogP contribution in [0.5, 0.6) is 5.75 Å². The summed E-state index contributed by atoms with van der Waals surface area (Å²) in [5, 5.41) is 0. The van der Waals surface area contributed by atoms with Crippen LogP contribution in [0.25, 0.3) is 0 Å². The van der Waals surface area contributed by atoms with Gasteiger partial charge < -0.3 is 10.5 Å². The first-order valence-electron chi connectivity index (χ1n) is 4.28. The van der Waals surface area contributed by atoms with Crippen LogP contribution in [0.4, 0.5) is 26.3 Å². The zero-order valence-electron chi connectivity index (χ0n) is 8.39. The van der Waals surface area contributed by atoms with Gasteiger partial charge in [0.2, 0.25) is 0 Å². The lowest BCUT2D eigenvalue weighted by atomic mass is 10.1. The summed E-state index contributed by atoms with van der Waals surface area (Å²) in [7, 11) is 0. The van der Waals surface area contributed by atoms with Crippen LogP contribution in [0.15, 0.2) is 18.2 Å². The molecule has 18 heavy (non-hydrogen) atoms. The van der Waals surface area contributed by atoms with Crippen molar-refractivity contribution in [3.63, 3.8) is 0 Å². The van der Waals surface area contributed by atoms with Gasteiger partial charge in [0, 0.05) is 0 Å². The molecule has 1 aromatic rings. The molecule has 0 atom stereocenters. The molecule has 0 aliphatic heterocycles. The molecule has 0 spiro atoms. The molecule has 0 aromatic heterocycles. The van der Waals surface area contributed by atoms with Gasteiger partial charge in [0.15, 0.2) is 5.75 Å². The number of benzene rings is 1. The molecule has 0 saturated carbocycles. The monoisotopic (exact) mass is 273 g/mol. The lowest BCUT2D eigenvalue weighted by Crippen LogP contribution is -2.24. The molecule has 0 unspecified atom stereocenters. The van der Waals surface area contributed by atoms with E-state index in [1.54, 1.807) is 0 Å². The van der Waals surface area contributed by atoms with E-state index >= 15 is 0 Å². The summed E-state index contributed by atoms with van der Waals surface area (Å²) in [5.41, 5.74) is 1.97. The van der Waals surface area contributed by atoms with Gasteiger partial charge in [-0.25, -0.2) is 0 Å². The molecule has 1 rings (SSSR count). The SMILES string of the molecule is NC(=O)c1cccc(C(F)(F)F)c1OC(F)(F)F. The van der Waals surface area contributed by atoms with E-state index in [9.17, 15) is 31.1 Å². The quantitative estimate of drug-likeness (QED) is 0.842. The Labute approximate surface area is 96.1 Å². The molecule has 0 fully saturated rings. The lowest BCUT2D eigenvalue weighted by Gasteiger charge is -2.17. The third-order valence-electron chi connectivity index (χ3n) is 1.80. The zero-order valence-corrected chi connectivity index (χ0v) is 8.39. The minimum absolute atomic E-state index is 0.355. The molecule has 0 aliphatic carbocycles. The highest BCUT2D eigenvalue weighted by atomic mass is 19.4. The van der Waals surface area contributed by atoms with Crippen molar-refractivity contribution in [2.75, 3.05) is 0 Å². The third kappa shape index (κ3) is 3.28. The Balaban J connectivity index is 3.45. The number of hydrogen-bond acceptors (Lipinski definition) is 2. The molecule has 100 valence electrons. The van der Waals surface area contributed by atoms with E-state index in [0.717, 1.165) is 6.07 Å². The number of carbonyl (C=O) groups is 1. The maximum atomic E-state index is 12.5. The fraction of sp³-hybridized carbons (Fsp3) is 0.222. The Morgan fingerprint density at radius 1 is 1.11 bits per heavy atom. The predicted octanol–water partition coefficient (Wildman–Crippen LogP) is 2.70. The van der Waals surface area contributed by atoms with Crippen LogP contribution in [0.1, 0.15) is 15.9 Å². The average molecular weight is 273 g/mol. The summed E-state index contributed by atoms with van der Waals surface area (Å²) in [6.07, 6.45) is -10.5. The van der Waals surface area contributed by atoms with Gasteiger partial charge in [0.25, 0.3) is 5.91 Å². The van der Waals surface area contributed by atoms with Crippen LogP contribution in [-0.4, -0.2) is 12.3 Å². The van der Waals surface area contributed by atoms with Crippen molar-refractivity contribution >= 4 is 5.91 Å². The number of halogens is 6. The van der Waals surface area contributed by atoms with E-state index in [4.69, 9.17) is 5.73 Å². The molecule has 9 heteroatoms. The number of hydrogen-bond donors (Lipinski definition) is 1. The summed E-state index contributed by atoms with van der Waals surface area (Å²) < 4.78 is 76.7. The van der Waals surface area contributed by atoms with Crippen LogP contribution < -0.4 is 10.5 Å². The number of alkyl halides is 6. The lowest BCUT2D eigenvalue weighted by molar-refractivity contribution is -0.276. The van der Waals surface area contributed by atoms with Crippen molar-refractivity contribution < 1.29 is 35.9 Å². The standard InChI is InChI=1S/C9H5F6NO2/c10-8(11,12)5-3-1-2-4(7(16)17)6(5)18-9(13,14)15/h1-3H,(H2,16,17). The van der Waals surface area contributed by atoms with Crippen LogP contribution in [0, 0.1) is 0 Å². The van der Waals surface area contributed by atoms with E-state index in [0.29, 0.717) is 12.1 Å². The second-order valence-corrected chi connectivity index (χ2v) is 3.09. The fourth-order valence-electron chi connectivity index (χ4n) is 1.18. The number of carbonyl (C=O) groups excluding carboxylic acids is 1. The van der Waals surface area contributed by atoms with Crippen LogP contribution >= 0.6 is 0 Å². The predicted molar refractivity (Wildman–Crippen MR) is 46.6 cm³/mol. The minimum Gasteiger partial charge on any atom is -0.404 e. The van der Waals surface area contributed by atoms with E-state index in [1.807, 2.05) is 0 Å². The third-order valence-corrected chi connectivity index (χ3v) is 1.80. The van der Waals surface area contributed by atoms with Crippen molar-refractivity contribution in [3.05, 3.63) is 29.3 Å². The Kier molecular flexibility index (Phi) is 3.45. The van der Waals surface area contributed by atoms with Gasteiger partial charge in [-0.15, -0.1) is 13.2 Å². The molecule has 1 amide bonds. The number of amides is 1. The molecule has 0 saturated heterocycles. The van der Waals surface area contributed by atoms with Crippen molar-refractivity contribution in [2.24, 2.45) is 5.73 Å². The first-order chi connectivity index (χ1) is 8.02. The molecular formula is C9H5F6NO2. The van der Waals surface area contributed by atoms with Crippen molar-refractivity contribution in [2.45, 2.75) is 12.5 Å². The molecule has 1 aromatic carbocycles. The summed E-state index contributed by atoms with van der Waals surface area (Å²) in [6.45, 7) is 0. The summed E-state index contributed by atoms with van der Waals surface area (Å²) in [5.74, 6) is -3.11. The second-order valence-electron chi connectivity index (χ2n) is 3.09. The number of rotatable bonds is 2. The van der Waals surface area contributed by atoms with Crippen LogP contribution in [0.3, 0.4) is 0 Å². The van der Waals surface area contributed by atoms with Gasteiger partial charge >= 0.3 is 12.5 Å². The van der Waals surface area contributed by atoms with Crippen molar-refractivity contribution in [1.29, 1.82) is 0 Å². The Hall–Kier alpha value is -1.93.